The summed E-state index contributed by atoms with van der Waals surface area (Å²) >= 11 is 3.41. The van der Waals surface area contributed by atoms with Crippen LogP contribution in [0.25, 0.3) is 0 Å². The van der Waals surface area contributed by atoms with Crippen LogP contribution in [0, 0.1) is 5.92 Å². The predicted molar refractivity (Wildman–Crippen MR) is 194 cm³/mol. The minimum absolute atomic E-state index is 0.0232. The maximum Gasteiger partial charge on any atom is 0.338 e. The fraction of sp³-hybridized carbons (Fsp3) is 0.459. The first-order chi connectivity index (χ1) is 24.3. The second-order valence-corrected chi connectivity index (χ2v) is 13.7. The third-order valence-corrected chi connectivity index (χ3v) is 8.75. The molecule has 0 saturated carbocycles. The van der Waals surface area contributed by atoms with Crippen LogP contribution < -0.4 is 21.3 Å². The molecule has 13 nitrogen and oxygen atoms in total. The molecule has 1 unspecified atom stereocenters. The Morgan fingerprint density at radius 3 is 2.25 bits per heavy atom. The first kappa shape index (κ1) is 40.7. The van der Waals surface area contributed by atoms with Crippen LogP contribution >= 0.6 is 15.9 Å². The zero-order chi connectivity index (χ0) is 37.5. The molecule has 2 aromatic rings. The standard InChI is InChI=1S/C37H48BrN5O8/c1-5-51-36(49)34-24(4)43(37(50)42-35(34)26-13-15-27(38)16-14-26)19-9-12-30(44)40-28(20-23(2)3)21-32(46)41-29(25-10-7-6-8-11-25)22-31(45)39-18-17-33(47)48/h6-8,10-11,13-16,23,28-29,35H,5,9,12,17-22H2,1-4H3,(H,39,45)(H,40,44)(H,41,46)(H,42,50)(H,47,48)/t28-,29+,35?/m0/s1. The Balaban J connectivity index is 1.64. The highest BCUT2D eigenvalue weighted by molar-refractivity contribution is 9.10. The Bertz CT molecular complexity index is 1560. The fourth-order valence-corrected chi connectivity index (χ4v) is 6.13. The smallest absolute Gasteiger partial charge is 0.338 e. The predicted octanol–water partition coefficient (Wildman–Crippen LogP) is 4.89. The third-order valence-electron chi connectivity index (χ3n) is 8.22. The second kappa shape index (κ2) is 20.2. The van der Waals surface area contributed by atoms with Gasteiger partial charge in [0.1, 0.15) is 0 Å². The Kier molecular flexibility index (Phi) is 16.1. The molecule has 0 aromatic heterocycles. The summed E-state index contributed by atoms with van der Waals surface area (Å²) in [7, 11) is 0. The van der Waals surface area contributed by atoms with Crippen molar-refractivity contribution >= 4 is 51.6 Å². The number of nitrogens with zero attached hydrogens (tertiary/aromatic N) is 1. The van der Waals surface area contributed by atoms with Crippen LogP contribution in [-0.2, 0) is 28.7 Å². The first-order valence-electron chi connectivity index (χ1n) is 17.1. The molecule has 1 aliphatic rings. The molecule has 3 atom stereocenters. The number of hydrogen-bond acceptors (Lipinski definition) is 7. The van der Waals surface area contributed by atoms with Gasteiger partial charge in [0.15, 0.2) is 0 Å². The Hall–Kier alpha value is -4.72. The van der Waals surface area contributed by atoms with Crippen molar-refractivity contribution in [2.75, 3.05) is 19.7 Å². The molecule has 51 heavy (non-hydrogen) atoms. The van der Waals surface area contributed by atoms with Gasteiger partial charge in [0, 0.05) is 42.1 Å². The molecule has 1 aliphatic heterocycles. The number of halogens is 1. The number of carbonyl (C=O) groups excluding carboxylic acids is 5. The molecular weight excluding hydrogens is 722 g/mol. The van der Waals surface area contributed by atoms with E-state index in [9.17, 15) is 28.8 Å². The molecule has 0 fully saturated rings. The molecule has 0 saturated heterocycles. The van der Waals surface area contributed by atoms with E-state index in [1.807, 2.05) is 44.2 Å². The lowest BCUT2D eigenvalue weighted by atomic mass is 9.95. The fourth-order valence-electron chi connectivity index (χ4n) is 5.87. The van der Waals surface area contributed by atoms with Crippen LogP contribution in [0.5, 0.6) is 0 Å². The highest BCUT2D eigenvalue weighted by Gasteiger charge is 2.36. The summed E-state index contributed by atoms with van der Waals surface area (Å²) in [5.41, 5.74) is 2.20. The zero-order valence-corrected chi connectivity index (χ0v) is 31.1. The van der Waals surface area contributed by atoms with Gasteiger partial charge in [0.05, 0.1) is 37.1 Å². The molecule has 276 valence electrons. The Morgan fingerprint density at radius 1 is 0.941 bits per heavy atom. The number of nitrogens with one attached hydrogen (secondary N) is 4. The molecule has 0 spiro atoms. The van der Waals surface area contributed by atoms with Gasteiger partial charge in [-0.25, -0.2) is 9.59 Å². The summed E-state index contributed by atoms with van der Waals surface area (Å²) in [6.07, 6.45) is 0.571. The molecule has 0 bridgehead atoms. The van der Waals surface area contributed by atoms with Gasteiger partial charge >= 0.3 is 18.0 Å². The van der Waals surface area contributed by atoms with E-state index in [0.717, 1.165) is 10.0 Å². The van der Waals surface area contributed by atoms with E-state index in [1.165, 1.54) is 4.90 Å². The summed E-state index contributed by atoms with van der Waals surface area (Å²) < 4.78 is 6.19. The van der Waals surface area contributed by atoms with Crippen molar-refractivity contribution in [1.29, 1.82) is 0 Å². The minimum atomic E-state index is -1.03. The van der Waals surface area contributed by atoms with Crippen molar-refractivity contribution < 1.29 is 38.6 Å². The van der Waals surface area contributed by atoms with E-state index in [0.29, 0.717) is 29.7 Å². The largest absolute Gasteiger partial charge is 0.481 e. The normalized spacial score (nSPS) is 15.5. The highest BCUT2D eigenvalue weighted by Crippen LogP contribution is 2.32. The van der Waals surface area contributed by atoms with Crippen molar-refractivity contribution in [3.8, 4) is 0 Å². The topological polar surface area (TPSA) is 183 Å². The van der Waals surface area contributed by atoms with E-state index in [4.69, 9.17) is 9.84 Å². The summed E-state index contributed by atoms with van der Waals surface area (Å²) in [6.45, 7) is 7.69. The van der Waals surface area contributed by atoms with E-state index in [-0.39, 0.29) is 63.1 Å². The number of benzene rings is 2. The number of amides is 5. The quantitative estimate of drug-likeness (QED) is 0.125. The van der Waals surface area contributed by atoms with Gasteiger partial charge in [-0.3, -0.25) is 24.1 Å². The minimum Gasteiger partial charge on any atom is -0.481 e. The van der Waals surface area contributed by atoms with E-state index in [1.54, 1.807) is 38.1 Å². The van der Waals surface area contributed by atoms with Gasteiger partial charge in [-0.1, -0.05) is 72.2 Å². The summed E-state index contributed by atoms with van der Waals surface area (Å²) in [5.74, 6) is -2.44. The van der Waals surface area contributed by atoms with Crippen LogP contribution in [0.4, 0.5) is 4.79 Å². The molecule has 2 aromatic carbocycles. The lowest BCUT2D eigenvalue weighted by Gasteiger charge is -2.35. The summed E-state index contributed by atoms with van der Waals surface area (Å²) in [6, 6.07) is 14.0. The van der Waals surface area contributed by atoms with Gasteiger partial charge in [-0.15, -0.1) is 0 Å². The maximum absolute atomic E-state index is 13.3. The molecule has 3 rings (SSSR count). The number of allylic oxidation sites excluding steroid dienone is 1. The number of urea groups is 1. The van der Waals surface area contributed by atoms with E-state index < -0.39 is 42.0 Å². The second-order valence-electron chi connectivity index (χ2n) is 12.7. The number of rotatable bonds is 19. The first-order valence-corrected chi connectivity index (χ1v) is 17.9. The number of carbonyl (C=O) groups is 6. The van der Waals surface area contributed by atoms with Gasteiger partial charge in [0.2, 0.25) is 17.7 Å². The third kappa shape index (κ3) is 13.2. The number of aliphatic carboxylic acids is 1. The summed E-state index contributed by atoms with van der Waals surface area (Å²) in [5, 5.41) is 20.2. The van der Waals surface area contributed by atoms with E-state index >= 15 is 0 Å². The Morgan fingerprint density at radius 2 is 1.63 bits per heavy atom. The van der Waals surface area contributed by atoms with Crippen LogP contribution in [0.15, 0.2) is 70.3 Å². The summed E-state index contributed by atoms with van der Waals surface area (Å²) in [4.78, 5) is 77.5. The molecule has 0 radical (unpaired) electrons. The lowest BCUT2D eigenvalue weighted by molar-refractivity contribution is -0.139. The lowest BCUT2D eigenvalue weighted by Crippen LogP contribution is -2.48. The van der Waals surface area contributed by atoms with Gasteiger partial charge in [-0.05, 0) is 55.9 Å². The average molecular weight is 771 g/mol. The van der Waals surface area contributed by atoms with Crippen molar-refractivity contribution in [2.24, 2.45) is 5.92 Å². The molecule has 1 heterocycles. The number of carboxylic acid groups (broad SMARTS) is 1. The van der Waals surface area contributed by atoms with Crippen LogP contribution in [0.2, 0.25) is 0 Å². The number of hydrogen-bond donors (Lipinski definition) is 5. The van der Waals surface area contributed by atoms with Crippen molar-refractivity contribution in [3.05, 3.63) is 81.5 Å². The van der Waals surface area contributed by atoms with Gasteiger partial charge < -0.3 is 31.1 Å². The van der Waals surface area contributed by atoms with Crippen molar-refractivity contribution in [1.82, 2.24) is 26.2 Å². The number of esters is 1. The van der Waals surface area contributed by atoms with Crippen LogP contribution in [-0.4, -0.2) is 71.4 Å². The molecule has 5 amide bonds. The van der Waals surface area contributed by atoms with Crippen molar-refractivity contribution in [3.63, 3.8) is 0 Å². The molecular formula is C37H48BrN5O8. The van der Waals surface area contributed by atoms with Crippen LogP contribution in [0.3, 0.4) is 0 Å². The van der Waals surface area contributed by atoms with Crippen LogP contribution in [0.1, 0.15) is 89.4 Å². The number of carboxylic acids is 1. The number of ether oxygens (including phenoxy) is 1. The monoisotopic (exact) mass is 769 g/mol. The maximum atomic E-state index is 13.3. The van der Waals surface area contributed by atoms with E-state index in [2.05, 4.69) is 37.2 Å². The van der Waals surface area contributed by atoms with Crippen molar-refractivity contribution in [2.45, 2.75) is 84.3 Å². The van der Waals surface area contributed by atoms with Gasteiger partial charge in [-0.2, -0.15) is 0 Å². The van der Waals surface area contributed by atoms with Gasteiger partial charge in [0.25, 0.3) is 0 Å². The Labute approximate surface area is 307 Å². The average Bonchev–Trinajstić information content (AvgIpc) is 3.06. The molecule has 0 aliphatic carbocycles. The zero-order valence-electron chi connectivity index (χ0n) is 29.5. The highest BCUT2D eigenvalue weighted by atomic mass is 79.9. The molecule has 5 N–H and O–H groups in total. The SMILES string of the molecule is CCOC(=O)C1=C(C)N(CCCC(=O)N[C@H](CC(=O)N[C@H](CC(=O)NCCC(=O)O)c2ccccc2)CC(C)C)C(=O)NC1c1ccc(Br)cc1. The molecule has 14 heteroatoms.